The van der Waals surface area contributed by atoms with Crippen LogP contribution in [0, 0.1) is 0 Å². The van der Waals surface area contributed by atoms with Gasteiger partial charge in [0.1, 0.15) is 6.10 Å². The third-order valence-electron chi connectivity index (χ3n) is 4.30. The molecule has 3 nitrogen and oxygen atoms in total. The Morgan fingerprint density at radius 3 is 1.96 bits per heavy atom. The van der Waals surface area contributed by atoms with Crippen LogP contribution < -0.4 is 0 Å². The molecule has 1 aromatic rings. The van der Waals surface area contributed by atoms with Crippen molar-refractivity contribution in [3.63, 3.8) is 0 Å². The zero-order chi connectivity index (χ0) is 16.9. The van der Waals surface area contributed by atoms with Gasteiger partial charge in [-0.3, -0.25) is 4.79 Å². The number of aliphatic hydroxyl groups is 2. The molecule has 0 saturated heterocycles. The number of rotatable bonds is 13. The summed E-state index contributed by atoms with van der Waals surface area (Å²) in [6, 6.07) is 6.91. The van der Waals surface area contributed by atoms with E-state index in [2.05, 4.69) is 6.92 Å². The van der Waals surface area contributed by atoms with Crippen LogP contribution in [0.4, 0.5) is 0 Å². The average Bonchev–Trinajstić information content (AvgIpc) is 2.59. The Kier molecular flexibility index (Phi) is 10.6. The van der Waals surface area contributed by atoms with Crippen molar-refractivity contribution in [2.24, 2.45) is 0 Å². The lowest BCUT2D eigenvalue weighted by Gasteiger charge is -2.08. The first kappa shape index (κ1) is 19.9. The Morgan fingerprint density at radius 2 is 1.43 bits per heavy atom. The van der Waals surface area contributed by atoms with Crippen LogP contribution in [0.2, 0.25) is 0 Å². The van der Waals surface area contributed by atoms with Crippen molar-refractivity contribution in [3.8, 4) is 0 Å². The van der Waals surface area contributed by atoms with E-state index >= 15 is 0 Å². The number of hydrogen-bond donors (Lipinski definition) is 2. The summed E-state index contributed by atoms with van der Waals surface area (Å²) < 4.78 is 0. The SMILES string of the molecule is CCCCCCCCCCCC(=O)c1ccc(C(O)CO)cc1. The van der Waals surface area contributed by atoms with Crippen molar-refractivity contribution in [1.29, 1.82) is 0 Å². The first-order chi connectivity index (χ1) is 11.2. The summed E-state index contributed by atoms with van der Waals surface area (Å²) in [5, 5.41) is 18.4. The number of ketones is 1. The molecular formula is C20H32O3. The molecule has 0 fully saturated rings. The zero-order valence-corrected chi connectivity index (χ0v) is 14.5. The van der Waals surface area contributed by atoms with Crippen molar-refractivity contribution < 1.29 is 15.0 Å². The summed E-state index contributed by atoms with van der Waals surface area (Å²) in [5.74, 6) is 0.165. The lowest BCUT2D eigenvalue weighted by Crippen LogP contribution is -2.04. The van der Waals surface area contributed by atoms with Crippen molar-refractivity contribution in [2.45, 2.75) is 77.2 Å². The van der Waals surface area contributed by atoms with E-state index in [4.69, 9.17) is 5.11 Å². The normalized spacial score (nSPS) is 12.3. The molecule has 130 valence electrons. The molecule has 0 amide bonds. The van der Waals surface area contributed by atoms with Crippen molar-refractivity contribution in [3.05, 3.63) is 35.4 Å². The van der Waals surface area contributed by atoms with E-state index in [1.165, 1.54) is 44.9 Å². The van der Waals surface area contributed by atoms with Gasteiger partial charge >= 0.3 is 0 Å². The van der Waals surface area contributed by atoms with Gasteiger partial charge < -0.3 is 10.2 Å². The van der Waals surface area contributed by atoms with Gasteiger partial charge in [-0.1, -0.05) is 82.6 Å². The van der Waals surface area contributed by atoms with Crippen LogP contribution in [-0.2, 0) is 0 Å². The number of Topliss-reactive ketones (excluding diaryl/α,β-unsaturated/α-hetero) is 1. The Labute approximate surface area is 140 Å². The number of unbranched alkanes of at least 4 members (excludes halogenated alkanes) is 8. The van der Waals surface area contributed by atoms with Gasteiger partial charge in [0.05, 0.1) is 6.61 Å². The van der Waals surface area contributed by atoms with Crippen molar-refractivity contribution >= 4 is 5.78 Å². The van der Waals surface area contributed by atoms with Crippen LogP contribution in [0.15, 0.2) is 24.3 Å². The third-order valence-corrected chi connectivity index (χ3v) is 4.30. The lowest BCUT2D eigenvalue weighted by atomic mass is 10.0. The highest BCUT2D eigenvalue weighted by molar-refractivity contribution is 5.96. The van der Waals surface area contributed by atoms with Gasteiger partial charge in [0.15, 0.2) is 5.78 Å². The van der Waals surface area contributed by atoms with Crippen LogP contribution >= 0.6 is 0 Å². The summed E-state index contributed by atoms with van der Waals surface area (Å²) >= 11 is 0. The van der Waals surface area contributed by atoms with E-state index in [1.54, 1.807) is 24.3 Å². The van der Waals surface area contributed by atoms with Crippen LogP contribution in [-0.4, -0.2) is 22.6 Å². The molecule has 0 aliphatic rings. The predicted molar refractivity (Wildman–Crippen MR) is 94.7 cm³/mol. The Balaban J connectivity index is 2.14. The Bertz CT molecular complexity index is 425. The molecule has 0 bridgehead atoms. The predicted octanol–water partition coefficient (Wildman–Crippen LogP) is 4.82. The fourth-order valence-corrected chi connectivity index (χ4v) is 2.74. The number of carbonyl (C=O) groups is 1. The Morgan fingerprint density at radius 1 is 0.913 bits per heavy atom. The summed E-state index contributed by atoms with van der Waals surface area (Å²) in [7, 11) is 0. The molecule has 3 heteroatoms. The molecule has 0 aliphatic heterocycles. The largest absolute Gasteiger partial charge is 0.393 e. The quantitative estimate of drug-likeness (QED) is 0.405. The maximum atomic E-state index is 12.1. The third kappa shape index (κ3) is 8.29. The highest BCUT2D eigenvalue weighted by Crippen LogP contribution is 2.16. The highest BCUT2D eigenvalue weighted by atomic mass is 16.3. The van der Waals surface area contributed by atoms with Crippen LogP contribution in [0.5, 0.6) is 0 Å². The monoisotopic (exact) mass is 320 g/mol. The second-order valence-electron chi connectivity index (χ2n) is 6.32. The standard InChI is InChI=1S/C20H32O3/c1-2-3-4-5-6-7-8-9-10-11-19(22)17-12-14-18(15-13-17)20(23)16-21/h12-15,20-21,23H,2-11,16H2,1H3. The molecule has 1 rings (SSSR count). The molecule has 0 aliphatic carbocycles. The average molecular weight is 320 g/mol. The first-order valence-electron chi connectivity index (χ1n) is 9.11. The second-order valence-corrected chi connectivity index (χ2v) is 6.32. The van der Waals surface area contributed by atoms with Crippen LogP contribution in [0.25, 0.3) is 0 Å². The van der Waals surface area contributed by atoms with Crippen molar-refractivity contribution in [2.75, 3.05) is 6.61 Å². The molecule has 0 aromatic heterocycles. The molecule has 0 radical (unpaired) electrons. The van der Waals surface area contributed by atoms with Gasteiger partial charge in [0.25, 0.3) is 0 Å². The number of carbonyl (C=O) groups excluding carboxylic acids is 1. The van der Waals surface area contributed by atoms with Gasteiger partial charge in [-0.25, -0.2) is 0 Å². The van der Waals surface area contributed by atoms with E-state index in [9.17, 15) is 9.90 Å². The summed E-state index contributed by atoms with van der Waals surface area (Å²) in [4.78, 5) is 12.1. The van der Waals surface area contributed by atoms with Gasteiger partial charge in [-0.15, -0.1) is 0 Å². The minimum absolute atomic E-state index is 0.165. The molecule has 0 heterocycles. The van der Waals surface area contributed by atoms with Gasteiger partial charge in [-0.2, -0.15) is 0 Å². The van der Waals surface area contributed by atoms with E-state index in [0.29, 0.717) is 17.5 Å². The number of aliphatic hydroxyl groups excluding tert-OH is 2. The van der Waals surface area contributed by atoms with Gasteiger partial charge in [0.2, 0.25) is 0 Å². The second kappa shape index (κ2) is 12.3. The van der Waals surface area contributed by atoms with Crippen LogP contribution in [0.3, 0.4) is 0 Å². The molecular weight excluding hydrogens is 288 g/mol. The molecule has 1 aromatic carbocycles. The maximum absolute atomic E-state index is 12.1. The summed E-state index contributed by atoms with van der Waals surface area (Å²) in [5.41, 5.74) is 1.34. The van der Waals surface area contributed by atoms with Gasteiger partial charge in [-0.05, 0) is 12.0 Å². The smallest absolute Gasteiger partial charge is 0.162 e. The number of benzene rings is 1. The van der Waals surface area contributed by atoms with Crippen LogP contribution in [0.1, 0.15) is 93.2 Å². The van der Waals surface area contributed by atoms with E-state index in [-0.39, 0.29) is 12.4 Å². The molecule has 2 N–H and O–H groups in total. The summed E-state index contributed by atoms with van der Waals surface area (Å²) in [6.07, 6.45) is 11.0. The summed E-state index contributed by atoms with van der Waals surface area (Å²) in [6.45, 7) is 1.94. The maximum Gasteiger partial charge on any atom is 0.162 e. The molecule has 1 atom stereocenters. The zero-order valence-electron chi connectivity index (χ0n) is 14.5. The number of hydrogen-bond acceptors (Lipinski definition) is 3. The minimum Gasteiger partial charge on any atom is -0.393 e. The fourth-order valence-electron chi connectivity index (χ4n) is 2.74. The van der Waals surface area contributed by atoms with E-state index in [1.807, 2.05) is 0 Å². The van der Waals surface area contributed by atoms with Gasteiger partial charge in [0, 0.05) is 12.0 Å². The lowest BCUT2D eigenvalue weighted by molar-refractivity contribution is 0.0952. The van der Waals surface area contributed by atoms with Crippen molar-refractivity contribution in [1.82, 2.24) is 0 Å². The molecule has 1 unspecified atom stereocenters. The molecule has 23 heavy (non-hydrogen) atoms. The fraction of sp³-hybridized carbons (Fsp3) is 0.650. The molecule has 0 spiro atoms. The van der Waals surface area contributed by atoms with E-state index in [0.717, 1.165) is 12.8 Å². The Hall–Kier alpha value is -1.19. The first-order valence-corrected chi connectivity index (χ1v) is 9.11. The highest BCUT2D eigenvalue weighted by Gasteiger charge is 2.08. The van der Waals surface area contributed by atoms with E-state index < -0.39 is 6.10 Å². The minimum atomic E-state index is -0.864. The molecule has 0 saturated carbocycles. The topological polar surface area (TPSA) is 57.5 Å².